The van der Waals surface area contributed by atoms with Gasteiger partial charge in [-0.05, 0) is 49.8 Å². The molecule has 2 heterocycles. The van der Waals surface area contributed by atoms with Crippen LogP contribution in [0.4, 0.5) is 5.82 Å². The molecule has 0 radical (unpaired) electrons. The van der Waals surface area contributed by atoms with Crippen molar-refractivity contribution in [3.05, 3.63) is 59.2 Å². The Labute approximate surface area is 147 Å². The minimum atomic E-state index is 0.979. The first-order chi connectivity index (χ1) is 11.7. The Hall–Kier alpha value is -2.20. The predicted octanol–water partition coefficient (Wildman–Crippen LogP) is 4.85. The molecule has 0 unspecified atom stereocenters. The van der Waals surface area contributed by atoms with E-state index in [1.165, 1.54) is 27.1 Å². The number of aryl methyl sites for hydroxylation is 1. The van der Waals surface area contributed by atoms with Crippen molar-refractivity contribution < 1.29 is 0 Å². The number of nitrogens with zero attached hydrogens (tertiary/aromatic N) is 2. The lowest BCUT2D eigenvalue weighted by Gasteiger charge is -2.11. The van der Waals surface area contributed by atoms with Gasteiger partial charge in [0.25, 0.3) is 0 Å². The number of benzene rings is 2. The highest BCUT2D eigenvalue weighted by Gasteiger charge is 2.25. The number of hydrogen-bond donors (Lipinski definition) is 1. The molecule has 0 spiro atoms. The molecule has 0 aliphatic carbocycles. The van der Waals surface area contributed by atoms with Gasteiger partial charge in [0.1, 0.15) is 5.82 Å². The quantitative estimate of drug-likeness (QED) is 0.694. The lowest BCUT2D eigenvalue weighted by atomic mass is 10.1. The molecule has 4 heteroatoms. The Morgan fingerprint density at radius 3 is 2.75 bits per heavy atom. The zero-order chi connectivity index (χ0) is 16.7. The van der Waals surface area contributed by atoms with Gasteiger partial charge in [-0.1, -0.05) is 30.3 Å². The summed E-state index contributed by atoms with van der Waals surface area (Å²) in [5, 5.41) is 8.56. The molecule has 0 saturated heterocycles. The molecular formula is C20H21N3S. The minimum Gasteiger partial charge on any atom is -0.369 e. The summed E-state index contributed by atoms with van der Waals surface area (Å²) >= 11 is 1.78. The highest BCUT2D eigenvalue weighted by molar-refractivity contribution is 7.98. The molecule has 1 N–H and O–H groups in total. The fourth-order valence-electron chi connectivity index (χ4n) is 3.37. The van der Waals surface area contributed by atoms with Crippen LogP contribution in [0.15, 0.2) is 47.4 Å². The maximum Gasteiger partial charge on any atom is 0.133 e. The SMILES string of the molecule is CSc1ccccc1-c1nn(-c2cccc(C)c2C)c2c1CCN2. The van der Waals surface area contributed by atoms with E-state index in [0.29, 0.717) is 0 Å². The molecule has 0 saturated carbocycles. The van der Waals surface area contributed by atoms with Gasteiger partial charge in [-0.3, -0.25) is 0 Å². The zero-order valence-electron chi connectivity index (χ0n) is 14.3. The number of fused-ring (bicyclic) bond motifs is 1. The second-order valence-electron chi connectivity index (χ2n) is 6.18. The van der Waals surface area contributed by atoms with Crippen LogP contribution in [0.5, 0.6) is 0 Å². The van der Waals surface area contributed by atoms with Gasteiger partial charge in [-0.25, -0.2) is 4.68 Å². The smallest absolute Gasteiger partial charge is 0.133 e. The van der Waals surface area contributed by atoms with Crippen LogP contribution in [0.3, 0.4) is 0 Å². The summed E-state index contributed by atoms with van der Waals surface area (Å²) in [6.45, 7) is 5.30. The van der Waals surface area contributed by atoms with Crippen LogP contribution in [-0.2, 0) is 6.42 Å². The lowest BCUT2D eigenvalue weighted by Crippen LogP contribution is -2.06. The van der Waals surface area contributed by atoms with Gasteiger partial charge in [-0.2, -0.15) is 5.10 Å². The summed E-state index contributed by atoms with van der Waals surface area (Å²) in [6, 6.07) is 15.0. The van der Waals surface area contributed by atoms with Gasteiger partial charge in [0.15, 0.2) is 0 Å². The Bertz CT molecular complexity index is 911. The zero-order valence-corrected chi connectivity index (χ0v) is 15.1. The summed E-state index contributed by atoms with van der Waals surface area (Å²) in [6.07, 6.45) is 3.15. The molecular weight excluding hydrogens is 314 g/mol. The highest BCUT2D eigenvalue weighted by Crippen LogP contribution is 2.38. The third-order valence-corrected chi connectivity index (χ3v) is 5.61. The summed E-state index contributed by atoms with van der Waals surface area (Å²) < 4.78 is 2.09. The Balaban J connectivity index is 1.95. The van der Waals surface area contributed by atoms with Crippen LogP contribution in [-0.4, -0.2) is 22.6 Å². The molecule has 3 aromatic rings. The molecule has 0 fully saturated rings. The van der Waals surface area contributed by atoms with Gasteiger partial charge in [0, 0.05) is 22.6 Å². The number of rotatable bonds is 3. The molecule has 3 nitrogen and oxygen atoms in total. The molecule has 0 amide bonds. The molecule has 1 aromatic heterocycles. The number of thioether (sulfide) groups is 1. The van der Waals surface area contributed by atoms with Gasteiger partial charge >= 0.3 is 0 Å². The van der Waals surface area contributed by atoms with Gasteiger partial charge in [0.05, 0.1) is 11.4 Å². The second kappa shape index (κ2) is 6.02. The van der Waals surface area contributed by atoms with Crippen LogP contribution < -0.4 is 5.32 Å². The number of anilines is 1. The maximum absolute atomic E-state index is 5.02. The second-order valence-corrected chi connectivity index (χ2v) is 7.03. The largest absolute Gasteiger partial charge is 0.369 e. The number of nitrogens with one attached hydrogen (secondary N) is 1. The van der Waals surface area contributed by atoms with Crippen molar-refractivity contribution >= 4 is 17.6 Å². The first-order valence-electron chi connectivity index (χ1n) is 8.26. The van der Waals surface area contributed by atoms with E-state index in [0.717, 1.165) is 30.2 Å². The van der Waals surface area contributed by atoms with Crippen molar-refractivity contribution in [2.45, 2.75) is 25.2 Å². The van der Waals surface area contributed by atoms with Crippen LogP contribution in [0.25, 0.3) is 16.9 Å². The third kappa shape index (κ3) is 2.33. The van der Waals surface area contributed by atoms with Crippen LogP contribution in [0, 0.1) is 13.8 Å². The molecule has 1 aliphatic heterocycles. The molecule has 122 valence electrons. The van der Waals surface area contributed by atoms with Crippen molar-refractivity contribution in [2.75, 3.05) is 18.1 Å². The van der Waals surface area contributed by atoms with E-state index < -0.39 is 0 Å². The van der Waals surface area contributed by atoms with Crippen LogP contribution in [0.1, 0.15) is 16.7 Å². The average Bonchev–Trinajstić information content (AvgIpc) is 3.20. The number of hydrogen-bond acceptors (Lipinski definition) is 3. The Morgan fingerprint density at radius 2 is 1.92 bits per heavy atom. The topological polar surface area (TPSA) is 29.9 Å². The third-order valence-electron chi connectivity index (χ3n) is 4.82. The van der Waals surface area contributed by atoms with Crippen molar-refractivity contribution in [3.63, 3.8) is 0 Å². The molecule has 0 bridgehead atoms. The highest BCUT2D eigenvalue weighted by atomic mass is 32.2. The van der Waals surface area contributed by atoms with Crippen molar-refractivity contribution in [1.82, 2.24) is 9.78 Å². The summed E-state index contributed by atoms with van der Waals surface area (Å²) in [5.74, 6) is 1.15. The molecule has 4 rings (SSSR count). The van der Waals surface area contributed by atoms with E-state index >= 15 is 0 Å². The normalized spacial score (nSPS) is 13.0. The lowest BCUT2D eigenvalue weighted by molar-refractivity contribution is 0.872. The molecule has 2 aromatic carbocycles. The molecule has 0 atom stereocenters. The van der Waals surface area contributed by atoms with Crippen molar-refractivity contribution in [1.29, 1.82) is 0 Å². The molecule has 24 heavy (non-hydrogen) atoms. The Kier molecular flexibility index (Phi) is 3.85. The maximum atomic E-state index is 5.02. The standard InChI is InChI=1S/C20H21N3S/c1-13-7-6-9-17(14(13)2)23-20-16(11-12-21-20)19(22-23)15-8-4-5-10-18(15)24-3/h4-10,21H,11-12H2,1-3H3. The van der Waals surface area contributed by atoms with E-state index in [-0.39, 0.29) is 0 Å². The first-order valence-corrected chi connectivity index (χ1v) is 9.49. The molecule has 1 aliphatic rings. The monoisotopic (exact) mass is 335 g/mol. The minimum absolute atomic E-state index is 0.979. The van der Waals surface area contributed by atoms with E-state index in [2.05, 4.69) is 72.6 Å². The summed E-state index contributed by atoms with van der Waals surface area (Å²) in [5.41, 5.74) is 7.41. The average molecular weight is 335 g/mol. The fourth-order valence-corrected chi connectivity index (χ4v) is 3.97. The van der Waals surface area contributed by atoms with Gasteiger partial charge < -0.3 is 5.32 Å². The fraction of sp³-hybridized carbons (Fsp3) is 0.250. The van der Waals surface area contributed by atoms with E-state index in [4.69, 9.17) is 5.10 Å². The van der Waals surface area contributed by atoms with E-state index in [9.17, 15) is 0 Å². The Morgan fingerprint density at radius 1 is 1.08 bits per heavy atom. The van der Waals surface area contributed by atoms with Crippen LogP contribution >= 0.6 is 11.8 Å². The van der Waals surface area contributed by atoms with Gasteiger partial charge in [-0.15, -0.1) is 11.8 Å². The summed E-state index contributed by atoms with van der Waals surface area (Å²) in [4.78, 5) is 1.28. The van der Waals surface area contributed by atoms with E-state index in [1.807, 2.05) is 0 Å². The van der Waals surface area contributed by atoms with Crippen molar-refractivity contribution in [3.8, 4) is 16.9 Å². The summed E-state index contributed by atoms with van der Waals surface area (Å²) in [7, 11) is 0. The predicted molar refractivity (Wildman–Crippen MR) is 102 cm³/mol. The van der Waals surface area contributed by atoms with Crippen molar-refractivity contribution in [2.24, 2.45) is 0 Å². The van der Waals surface area contributed by atoms with Crippen LogP contribution in [0.2, 0.25) is 0 Å². The first kappa shape index (κ1) is 15.3. The van der Waals surface area contributed by atoms with Gasteiger partial charge in [0.2, 0.25) is 0 Å². The van der Waals surface area contributed by atoms with E-state index in [1.54, 1.807) is 11.8 Å². The number of aromatic nitrogens is 2.